The van der Waals surface area contributed by atoms with Crippen LogP contribution in [0.25, 0.3) is 0 Å². The number of ether oxygens (including phenoxy) is 1. The van der Waals surface area contributed by atoms with Crippen molar-refractivity contribution in [2.75, 3.05) is 24.3 Å². The molecule has 8 heteroatoms. The number of carbonyl (C=O) groups excluding carboxylic acids is 2. The van der Waals surface area contributed by atoms with Crippen LogP contribution in [0.2, 0.25) is 0 Å². The van der Waals surface area contributed by atoms with Gasteiger partial charge in [-0.25, -0.2) is 13.2 Å². The largest absolute Gasteiger partial charge is 0.449 e. The summed E-state index contributed by atoms with van der Waals surface area (Å²) in [6.45, 7) is 3.68. The topological polar surface area (TPSA) is 80.8 Å². The van der Waals surface area contributed by atoms with E-state index in [1.807, 2.05) is 18.4 Å². The molecule has 1 amide bonds. The molecule has 25 heavy (non-hydrogen) atoms. The molecule has 0 spiro atoms. The molecular weight excluding hydrogens is 362 g/mol. The summed E-state index contributed by atoms with van der Waals surface area (Å²) in [5.41, 5.74) is 0.379. The van der Waals surface area contributed by atoms with E-state index < -0.39 is 21.9 Å². The first-order valence-electron chi connectivity index (χ1n) is 8.13. The molecule has 0 N–H and O–H groups in total. The van der Waals surface area contributed by atoms with Crippen molar-refractivity contribution in [3.05, 3.63) is 29.8 Å². The normalized spacial score (nSPS) is 20.0. The Hall–Kier alpha value is -1.54. The van der Waals surface area contributed by atoms with Crippen LogP contribution < -0.4 is 0 Å². The van der Waals surface area contributed by atoms with E-state index in [1.165, 1.54) is 11.8 Å². The second-order valence-electron chi connectivity index (χ2n) is 5.96. The summed E-state index contributed by atoms with van der Waals surface area (Å²) in [4.78, 5) is 27.3. The van der Waals surface area contributed by atoms with Gasteiger partial charge in [-0.3, -0.25) is 4.79 Å². The molecule has 0 unspecified atom stereocenters. The van der Waals surface area contributed by atoms with Crippen molar-refractivity contribution in [2.24, 2.45) is 0 Å². The average molecular weight is 386 g/mol. The quantitative estimate of drug-likeness (QED) is 0.550. The summed E-state index contributed by atoms with van der Waals surface area (Å²) in [6.07, 6.45) is 1.41. The molecule has 0 saturated carbocycles. The number of esters is 1. The Bertz CT molecular complexity index is 730. The van der Waals surface area contributed by atoms with Crippen LogP contribution in [-0.4, -0.2) is 61.6 Å². The van der Waals surface area contributed by atoms with Crippen LogP contribution in [-0.2, 0) is 19.4 Å². The van der Waals surface area contributed by atoms with Gasteiger partial charge in [0, 0.05) is 17.5 Å². The number of rotatable bonds is 6. The van der Waals surface area contributed by atoms with Gasteiger partial charge < -0.3 is 9.64 Å². The molecule has 1 fully saturated rings. The number of benzene rings is 1. The van der Waals surface area contributed by atoms with Crippen molar-refractivity contribution in [1.29, 1.82) is 0 Å². The van der Waals surface area contributed by atoms with E-state index in [-0.39, 0.29) is 23.5 Å². The fourth-order valence-electron chi connectivity index (χ4n) is 2.85. The summed E-state index contributed by atoms with van der Waals surface area (Å²) < 4.78 is 28.6. The minimum absolute atomic E-state index is 0.0244. The zero-order valence-corrected chi connectivity index (χ0v) is 16.2. The van der Waals surface area contributed by atoms with Gasteiger partial charge in [-0.1, -0.05) is 0 Å². The Morgan fingerprint density at radius 2 is 1.96 bits per heavy atom. The van der Waals surface area contributed by atoms with Gasteiger partial charge in [0.2, 0.25) is 0 Å². The van der Waals surface area contributed by atoms with Gasteiger partial charge in [-0.05, 0) is 50.8 Å². The molecule has 1 aliphatic heterocycles. The van der Waals surface area contributed by atoms with E-state index >= 15 is 0 Å². The molecular formula is C17H23NO5S2. The molecule has 2 rings (SSSR count). The van der Waals surface area contributed by atoms with E-state index in [0.717, 1.165) is 4.90 Å². The van der Waals surface area contributed by atoms with E-state index in [0.29, 0.717) is 18.5 Å². The third-order valence-corrected chi connectivity index (χ3v) is 6.72. The van der Waals surface area contributed by atoms with Crippen LogP contribution in [0, 0.1) is 0 Å². The molecule has 6 nitrogen and oxygen atoms in total. The van der Waals surface area contributed by atoms with Crippen molar-refractivity contribution in [2.45, 2.75) is 37.3 Å². The molecule has 138 valence electrons. The first-order valence-corrected chi connectivity index (χ1v) is 11.2. The summed E-state index contributed by atoms with van der Waals surface area (Å²) in [5.74, 6) is -0.858. The van der Waals surface area contributed by atoms with Crippen molar-refractivity contribution in [3.8, 4) is 0 Å². The highest BCUT2D eigenvalue weighted by molar-refractivity contribution is 7.98. The predicted molar refractivity (Wildman–Crippen MR) is 97.5 cm³/mol. The Labute approximate surface area is 152 Å². The number of carbonyl (C=O) groups is 2. The number of likely N-dealkylation sites (N-methyl/N-ethyl adjacent to an activating group) is 1. The highest BCUT2D eigenvalue weighted by Crippen LogP contribution is 2.20. The van der Waals surface area contributed by atoms with Crippen LogP contribution in [0.5, 0.6) is 0 Å². The minimum Gasteiger partial charge on any atom is -0.449 e. The maximum Gasteiger partial charge on any atom is 0.338 e. The molecule has 0 aliphatic carbocycles. The molecule has 0 radical (unpaired) electrons. The second-order valence-corrected chi connectivity index (χ2v) is 9.07. The second kappa shape index (κ2) is 8.23. The van der Waals surface area contributed by atoms with Crippen molar-refractivity contribution < 1.29 is 22.7 Å². The molecule has 1 heterocycles. The van der Waals surface area contributed by atoms with Crippen LogP contribution in [0.3, 0.4) is 0 Å². The molecule has 1 aliphatic rings. The third kappa shape index (κ3) is 4.98. The number of thioether (sulfide) groups is 1. The van der Waals surface area contributed by atoms with Gasteiger partial charge in [0.25, 0.3) is 5.91 Å². The standard InChI is InChI=1S/C17H23NO5S2/c1-4-18(14-9-10-25(21,22)11-14)16(19)12(2)23-17(20)13-5-7-15(24-3)8-6-13/h5-8,12,14H,4,9-11H2,1-3H3/t12-,14-/m0/s1. The van der Waals surface area contributed by atoms with E-state index in [9.17, 15) is 18.0 Å². The van der Waals surface area contributed by atoms with Crippen molar-refractivity contribution in [3.63, 3.8) is 0 Å². The number of hydrogen-bond donors (Lipinski definition) is 0. The Morgan fingerprint density at radius 3 is 2.44 bits per heavy atom. The predicted octanol–water partition coefficient (Wildman–Crippen LogP) is 1.99. The van der Waals surface area contributed by atoms with Crippen LogP contribution in [0.15, 0.2) is 29.2 Å². The number of hydrogen-bond acceptors (Lipinski definition) is 6. The average Bonchev–Trinajstić information content (AvgIpc) is 2.95. The zero-order chi connectivity index (χ0) is 18.6. The first kappa shape index (κ1) is 19.8. The van der Waals surface area contributed by atoms with Gasteiger partial charge in [-0.15, -0.1) is 11.8 Å². The Morgan fingerprint density at radius 1 is 1.32 bits per heavy atom. The molecule has 1 aromatic carbocycles. The lowest BCUT2D eigenvalue weighted by Gasteiger charge is -2.29. The highest BCUT2D eigenvalue weighted by atomic mass is 32.2. The Kier molecular flexibility index (Phi) is 6.51. The first-order chi connectivity index (χ1) is 11.8. The van der Waals surface area contributed by atoms with Crippen LogP contribution in [0.1, 0.15) is 30.6 Å². The molecule has 0 bridgehead atoms. The summed E-state index contributed by atoms with van der Waals surface area (Å²) in [5, 5.41) is 0. The summed E-state index contributed by atoms with van der Waals surface area (Å²) in [6, 6.07) is 6.61. The summed E-state index contributed by atoms with van der Waals surface area (Å²) >= 11 is 1.57. The molecule has 1 saturated heterocycles. The van der Waals surface area contributed by atoms with Crippen LogP contribution >= 0.6 is 11.8 Å². The summed E-state index contributed by atoms with van der Waals surface area (Å²) in [7, 11) is -3.09. The fourth-order valence-corrected chi connectivity index (χ4v) is 4.99. The van der Waals surface area contributed by atoms with E-state index in [4.69, 9.17) is 4.74 Å². The van der Waals surface area contributed by atoms with E-state index in [2.05, 4.69) is 0 Å². The van der Waals surface area contributed by atoms with Crippen molar-refractivity contribution >= 4 is 33.5 Å². The highest BCUT2D eigenvalue weighted by Gasteiger charge is 2.36. The number of nitrogens with zero attached hydrogens (tertiary/aromatic N) is 1. The van der Waals surface area contributed by atoms with Gasteiger partial charge in [0.1, 0.15) is 0 Å². The van der Waals surface area contributed by atoms with Crippen LogP contribution in [0.4, 0.5) is 0 Å². The van der Waals surface area contributed by atoms with E-state index in [1.54, 1.807) is 30.8 Å². The number of sulfone groups is 1. The molecule has 1 aromatic rings. The maximum absolute atomic E-state index is 12.6. The lowest BCUT2D eigenvalue weighted by molar-refractivity contribution is -0.141. The maximum atomic E-state index is 12.6. The minimum atomic E-state index is -3.09. The molecule has 2 atom stereocenters. The lowest BCUT2D eigenvalue weighted by atomic mass is 10.2. The molecule has 0 aromatic heterocycles. The third-order valence-electron chi connectivity index (χ3n) is 4.23. The van der Waals surface area contributed by atoms with Gasteiger partial charge in [0.05, 0.1) is 17.1 Å². The SMILES string of the molecule is CCN(C(=O)[C@H](C)OC(=O)c1ccc(SC)cc1)[C@H]1CCS(=O)(=O)C1. The zero-order valence-electron chi connectivity index (χ0n) is 14.6. The fraction of sp³-hybridized carbons (Fsp3) is 0.529. The Balaban J connectivity index is 2.01. The van der Waals surface area contributed by atoms with Gasteiger partial charge in [-0.2, -0.15) is 0 Å². The van der Waals surface area contributed by atoms with Gasteiger partial charge in [0.15, 0.2) is 15.9 Å². The van der Waals surface area contributed by atoms with Gasteiger partial charge >= 0.3 is 5.97 Å². The smallest absolute Gasteiger partial charge is 0.338 e. The van der Waals surface area contributed by atoms with Crippen molar-refractivity contribution in [1.82, 2.24) is 4.90 Å². The monoisotopic (exact) mass is 385 g/mol. The number of amides is 1. The lowest BCUT2D eigenvalue weighted by Crippen LogP contribution is -2.46.